The van der Waals surface area contributed by atoms with Gasteiger partial charge in [-0.3, -0.25) is 0 Å². The Kier molecular flexibility index (Phi) is 3.16. The van der Waals surface area contributed by atoms with Gasteiger partial charge in [-0.05, 0) is 18.9 Å². The molecule has 1 aromatic heterocycles. The predicted molar refractivity (Wildman–Crippen MR) is 58.1 cm³/mol. The average Bonchev–Trinajstić information content (AvgIpc) is 2.39. The normalized spacial score (nSPS) is 21.0. The highest BCUT2D eigenvalue weighted by Gasteiger charge is 2.40. The summed E-state index contributed by atoms with van der Waals surface area (Å²) in [7, 11) is 0. The van der Waals surface area contributed by atoms with Gasteiger partial charge in [0.05, 0.1) is 17.2 Å². The molecule has 4 heteroatoms. The van der Waals surface area contributed by atoms with E-state index in [1.165, 1.54) is 6.33 Å². The van der Waals surface area contributed by atoms with Crippen molar-refractivity contribution in [3.8, 4) is 6.07 Å². The molecule has 1 heterocycles. The van der Waals surface area contributed by atoms with Crippen LogP contribution in [-0.2, 0) is 0 Å². The Morgan fingerprint density at radius 1 is 1.38 bits per heavy atom. The van der Waals surface area contributed by atoms with Crippen LogP contribution in [0.1, 0.15) is 43.9 Å². The largest absolute Gasteiger partial charge is 0.385 e. The summed E-state index contributed by atoms with van der Waals surface area (Å²) >= 11 is 0. The second-order valence-electron chi connectivity index (χ2n) is 4.37. The summed E-state index contributed by atoms with van der Waals surface area (Å²) < 4.78 is 0. The summed E-state index contributed by atoms with van der Waals surface area (Å²) in [5.74, 6) is 0. The van der Waals surface area contributed by atoms with Gasteiger partial charge in [-0.1, -0.05) is 19.3 Å². The molecular weight excluding hydrogens is 202 g/mol. The summed E-state index contributed by atoms with van der Waals surface area (Å²) in [5.41, 5.74) is -0.0921. The smallest absolute Gasteiger partial charge is 0.115 e. The van der Waals surface area contributed by atoms with Crippen molar-refractivity contribution >= 4 is 0 Å². The molecule has 1 fully saturated rings. The summed E-state index contributed by atoms with van der Waals surface area (Å²) in [5, 5.41) is 19.6. The van der Waals surface area contributed by atoms with Crippen LogP contribution >= 0.6 is 0 Å². The Balaban J connectivity index is 2.25. The molecule has 0 aliphatic heterocycles. The van der Waals surface area contributed by atoms with Gasteiger partial charge in [-0.25, -0.2) is 9.97 Å². The van der Waals surface area contributed by atoms with Crippen LogP contribution in [0.5, 0.6) is 0 Å². The molecule has 2 rings (SSSR count). The molecule has 0 saturated heterocycles. The molecule has 1 unspecified atom stereocenters. The van der Waals surface area contributed by atoms with Gasteiger partial charge < -0.3 is 5.11 Å². The molecule has 1 aliphatic carbocycles. The van der Waals surface area contributed by atoms with Gasteiger partial charge in [0.2, 0.25) is 0 Å². The number of aromatic nitrogens is 2. The zero-order valence-electron chi connectivity index (χ0n) is 9.13. The first-order valence-electron chi connectivity index (χ1n) is 5.64. The van der Waals surface area contributed by atoms with E-state index >= 15 is 0 Å². The molecule has 1 aliphatic rings. The number of nitrogens with zero attached hydrogens (tertiary/aromatic N) is 3. The van der Waals surface area contributed by atoms with E-state index in [9.17, 15) is 10.4 Å². The zero-order chi connectivity index (χ0) is 11.4. The number of aliphatic hydroxyl groups excluding tert-OH is 1. The molecule has 1 atom stereocenters. The summed E-state index contributed by atoms with van der Waals surface area (Å²) in [4.78, 5) is 7.85. The average molecular weight is 217 g/mol. The first-order valence-corrected chi connectivity index (χ1v) is 5.64. The Labute approximate surface area is 95.0 Å². The molecule has 1 N–H and O–H groups in total. The molecule has 0 aromatic carbocycles. The quantitative estimate of drug-likeness (QED) is 0.822. The molecule has 1 aromatic rings. The van der Waals surface area contributed by atoms with Gasteiger partial charge in [0.15, 0.2) is 0 Å². The topological polar surface area (TPSA) is 69.8 Å². The van der Waals surface area contributed by atoms with Crippen molar-refractivity contribution < 1.29 is 5.11 Å². The Bertz CT molecular complexity index is 379. The summed E-state index contributed by atoms with van der Waals surface area (Å²) in [6.07, 6.45) is 6.90. The van der Waals surface area contributed by atoms with E-state index in [1.807, 2.05) is 0 Å². The second kappa shape index (κ2) is 4.58. The van der Waals surface area contributed by atoms with Crippen molar-refractivity contribution in [3.63, 3.8) is 0 Å². The minimum atomic E-state index is -0.791. The fourth-order valence-electron chi connectivity index (χ4n) is 2.37. The van der Waals surface area contributed by atoms with Crippen LogP contribution < -0.4 is 0 Å². The van der Waals surface area contributed by atoms with Crippen LogP contribution in [0, 0.1) is 16.7 Å². The van der Waals surface area contributed by atoms with E-state index in [4.69, 9.17) is 0 Å². The maximum atomic E-state index is 10.3. The highest BCUT2D eigenvalue weighted by atomic mass is 16.3. The van der Waals surface area contributed by atoms with Crippen LogP contribution in [0.2, 0.25) is 0 Å². The fraction of sp³-hybridized carbons (Fsp3) is 0.583. The van der Waals surface area contributed by atoms with E-state index in [2.05, 4.69) is 16.0 Å². The maximum absolute atomic E-state index is 10.3. The van der Waals surface area contributed by atoms with Crippen molar-refractivity contribution in [3.05, 3.63) is 24.3 Å². The molecule has 0 spiro atoms. The first kappa shape index (κ1) is 11.0. The molecule has 0 radical (unpaired) electrons. The van der Waals surface area contributed by atoms with E-state index in [-0.39, 0.29) is 0 Å². The molecule has 1 saturated carbocycles. The van der Waals surface area contributed by atoms with Crippen molar-refractivity contribution in [1.29, 1.82) is 5.26 Å². The van der Waals surface area contributed by atoms with Gasteiger partial charge in [0, 0.05) is 6.20 Å². The standard InChI is InChI=1S/C12H15N3O/c13-8-12(5-2-1-3-6-12)11(16)10-4-7-14-9-15-10/h4,7,9,11,16H,1-3,5-6H2. The van der Waals surface area contributed by atoms with Gasteiger partial charge in [-0.15, -0.1) is 0 Å². The SMILES string of the molecule is N#CC1(C(O)c2ccncn2)CCCCC1. The highest BCUT2D eigenvalue weighted by Crippen LogP contribution is 2.44. The first-order chi connectivity index (χ1) is 7.78. The van der Waals surface area contributed by atoms with Crippen LogP contribution in [-0.4, -0.2) is 15.1 Å². The van der Waals surface area contributed by atoms with Crippen LogP contribution in [0.4, 0.5) is 0 Å². The van der Waals surface area contributed by atoms with Crippen LogP contribution in [0.15, 0.2) is 18.6 Å². The maximum Gasteiger partial charge on any atom is 0.115 e. The lowest BCUT2D eigenvalue weighted by molar-refractivity contribution is 0.0326. The molecule has 0 bridgehead atoms. The van der Waals surface area contributed by atoms with E-state index in [0.29, 0.717) is 5.69 Å². The Morgan fingerprint density at radius 2 is 2.12 bits per heavy atom. The van der Waals surface area contributed by atoms with Gasteiger partial charge in [-0.2, -0.15) is 5.26 Å². The monoisotopic (exact) mass is 217 g/mol. The van der Waals surface area contributed by atoms with E-state index in [1.54, 1.807) is 12.3 Å². The highest BCUT2D eigenvalue weighted by molar-refractivity contribution is 5.14. The second-order valence-corrected chi connectivity index (χ2v) is 4.37. The van der Waals surface area contributed by atoms with Crippen molar-refractivity contribution in [2.24, 2.45) is 5.41 Å². The van der Waals surface area contributed by atoms with Crippen molar-refractivity contribution in [2.45, 2.75) is 38.2 Å². The lowest BCUT2D eigenvalue weighted by Crippen LogP contribution is -2.30. The lowest BCUT2D eigenvalue weighted by atomic mass is 9.70. The fourth-order valence-corrected chi connectivity index (χ4v) is 2.37. The molecule has 16 heavy (non-hydrogen) atoms. The summed E-state index contributed by atoms with van der Waals surface area (Å²) in [6, 6.07) is 3.98. The molecular formula is C12H15N3O. The van der Waals surface area contributed by atoms with Gasteiger partial charge in [0.1, 0.15) is 12.4 Å². The number of hydrogen-bond acceptors (Lipinski definition) is 4. The number of rotatable bonds is 2. The minimum Gasteiger partial charge on any atom is -0.385 e. The number of hydrogen-bond donors (Lipinski definition) is 1. The molecule has 4 nitrogen and oxygen atoms in total. The molecule has 84 valence electrons. The summed E-state index contributed by atoms with van der Waals surface area (Å²) in [6.45, 7) is 0. The van der Waals surface area contributed by atoms with Crippen molar-refractivity contribution in [1.82, 2.24) is 9.97 Å². The number of aliphatic hydroxyl groups is 1. The Morgan fingerprint density at radius 3 is 2.69 bits per heavy atom. The van der Waals surface area contributed by atoms with E-state index in [0.717, 1.165) is 32.1 Å². The Hall–Kier alpha value is -1.47. The van der Waals surface area contributed by atoms with E-state index < -0.39 is 11.5 Å². The van der Waals surface area contributed by atoms with Crippen LogP contribution in [0.3, 0.4) is 0 Å². The number of nitriles is 1. The third kappa shape index (κ3) is 1.91. The van der Waals surface area contributed by atoms with Crippen LogP contribution in [0.25, 0.3) is 0 Å². The van der Waals surface area contributed by atoms with Crippen molar-refractivity contribution in [2.75, 3.05) is 0 Å². The minimum absolute atomic E-state index is 0.554. The molecule has 0 amide bonds. The predicted octanol–water partition coefficient (Wildman–Crippen LogP) is 1.98. The zero-order valence-corrected chi connectivity index (χ0v) is 9.13. The van der Waals surface area contributed by atoms with Gasteiger partial charge >= 0.3 is 0 Å². The lowest BCUT2D eigenvalue weighted by Gasteiger charge is -2.34. The third-order valence-corrected chi connectivity index (χ3v) is 3.38. The van der Waals surface area contributed by atoms with Gasteiger partial charge in [0.25, 0.3) is 0 Å². The third-order valence-electron chi connectivity index (χ3n) is 3.38.